The van der Waals surface area contributed by atoms with Gasteiger partial charge >= 0.3 is 6.09 Å². The number of hydrogen-bond donors (Lipinski definition) is 2. The Kier molecular flexibility index (Phi) is 6.52. The van der Waals surface area contributed by atoms with E-state index in [0.29, 0.717) is 13.2 Å². The number of nitrogens with one attached hydrogen (secondary N) is 2. The highest BCUT2D eigenvalue weighted by molar-refractivity contribution is 5.93. The van der Waals surface area contributed by atoms with Crippen molar-refractivity contribution < 1.29 is 24.0 Å². The summed E-state index contributed by atoms with van der Waals surface area (Å²) in [5.41, 5.74) is 0. The molecule has 2 atom stereocenters. The Morgan fingerprint density at radius 2 is 1.95 bits per heavy atom. The van der Waals surface area contributed by atoms with E-state index >= 15 is 0 Å². The number of amides is 2. The zero-order valence-corrected chi connectivity index (χ0v) is 12.0. The molecule has 0 fully saturated rings. The quantitative estimate of drug-likeness (QED) is 0.761. The fraction of sp³-hybridized carbons (Fsp3) is 0.429. The van der Waals surface area contributed by atoms with Gasteiger partial charge in [0.05, 0.1) is 14.2 Å². The third-order valence-electron chi connectivity index (χ3n) is 3.05. The van der Waals surface area contributed by atoms with Crippen molar-refractivity contribution in [1.29, 1.82) is 0 Å². The number of carbonyl (C=O) groups is 2. The van der Waals surface area contributed by atoms with Crippen LogP contribution in [0.15, 0.2) is 30.3 Å². The third kappa shape index (κ3) is 5.27. The van der Waals surface area contributed by atoms with E-state index in [0.717, 1.165) is 10.6 Å². The fourth-order valence-corrected chi connectivity index (χ4v) is 1.55. The molecule has 6 heteroatoms. The molecule has 0 aliphatic rings. The second kappa shape index (κ2) is 8.16. The number of para-hydroxylation sites is 1. The first-order valence-corrected chi connectivity index (χ1v) is 6.43. The van der Waals surface area contributed by atoms with Gasteiger partial charge < -0.3 is 14.4 Å². The molecule has 6 nitrogen and oxygen atoms in total. The Hall–Kier alpha value is -2.08. The predicted molar refractivity (Wildman–Crippen MR) is 73.7 cm³/mol. The van der Waals surface area contributed by atoms with Gasteiger partial charge in [-0.2, -0.15) is 0 Å². The van der Waals surface area contributed by atoms with Gasteiger partial charge in [-0.25, -0.2) is 4.79 Å². The average molecular weight is 281 g/mol. The van der Waals surface area contributed by atoms with Crippen molar-refractivity contribution in [3.05, 3.63) is 30.3 Å². The maximum Gasteiger partial charge on any atom is 0.413 e. The zero-order valence-electron chi connectivity index (χ0n) is 12.0. The maximum absolute atomic E-state index is 11.7. The van der Waals surface area contributed by atoms with Gasteiger partial charge in [-0.1, -0.05) is 18.2 Å². The lowest BCUT2D eigenvalue weighted by molar-refractivity contribution is -0.894. The van der Waals surface area contributed by atoms with E-state index < -0.39 is 6.09 Å². The Morgan fingerprint density at radius 3 is 2.55 bits per heavy atom. The van der Waals surface area contributed by atoms with Crippen molar-refractivity contribution >= 4 is 12.0 Å². The molecule has 1 unspecified atom stereocenters. The number of imide groups is 1. The standard InChI is InChI=1S/C14H20N2O4/c1-11(13(17)15-14(18)19-3)16(2)9-10-20-12-7-5-4-6-8-12/h4-8,11H,9-10H2,1-3H3,(H,15,17,18)/p+1/t11-/m0/s1. The minimum atomic E-state index is -0.741. The van der Waals surface area contributed by atoms with Gasteiger partial charge in [0.25, 0.3) is 5.91 Å². The van der Waals surface area contributed by atoms with Crippen LogP contribution in [0.3, 0.4) is 0 Å². The number of hydrogen-bond acceptors (Lipinski definition) is 4. The summed E-state index contributed by atoms with van der Waals surface area (Å²) in [5.74, 6) is 0.432. The van der Waals surface area contributed by atoms with E-state index in [1.54, 1.807) is 6.92 Å². The molecule has 0 saturated heterocycles. The first kappa shape index (κ1) is 16.0. The van der Waals surface area contributed by atoms with Gasteiger partial charge in [0.2, 0.25) is 0 Å². The SMILES string of the molecule is COC(=O)NC(=O)[C@H](C)[NH+](C)CCOc1ccccc1. The van der Waals surface area contributed by atoms with Crippen LogP contribution in [0.25, 0.3) is 0 Å². The van der Waals surface area contributed by atoms with E-state index in [1.165, 1.54) is 7.11 Å². The van der Waals surface area contributed by atoms with Crippen molar-refractivity contribution in [3.63, 3.8) is 0 Å². The van der Waals surface area contributed by atoms with Crippen LogP contribution in [0.2, 0.25) is 0 Å². The van der Waals surface area contributed by atoms with E-state index in [2.05, 4.69) is 10.1 Å². The second-order valence-electron chi connectivity index (χ2n) is 4.46. The summed E-state index contributed by atoms with van der Waals surface area (Å²) >= 11 is 0. The smallest absolute Gasteiger partial charge is 0.413 e. The minimum absolute atomic E-state index is 0.367. The summed E-state index contributed by atoms with van der Waals surface area (Å²) in [6.07, 6.45) is -0.741. The van der Waals surface area contributed by atoms with Crippen molar-refractivity contribution in [2.75, 3.05) is 27.3 Å². The van der Waals surface area contributed by atoms with Crippen molar-refractivity contribution in [1.82, 2.24) is 5.32 Å². The minimum Gasteiger partial charge on any atom is -0.488 e. The topological polar surface area (TPSA) is 69.1 Å². The van der Waals surface area contributed by atoms with Gasteiger partial charge in [-0.15, -0.1) is 0 Å². The molecule has 1 aromatic carbocycles. The first-order chi connectivity index (χ1) is 9.54. The molecule has 0 aliphatic carbocycles. The molecule has 0 aromatic heterocycles. The highest BCUT2D eigenvalue weighted by atomic mass is 16.5. The van der Waals surface area contributed by atoms with Crippen LogP contribution in [0.5, 0.6) is 5.75 Å². The summed E-state index contributed by atoms with van der Waals surface area (Å²) in [7, 11) is 3.09. The Balaban J connectivity index is 2.32. The molecule has 2 N–H and O–H groups in total. The number of alkyl carbamates (subject to hydrolysis) is 1. The van der Waals surface area contributed by atoms with Crippen LogP contribution in [-0.4, -0.2) is 45.4 Å². The van der Waals surface area contributed by atoms with Crippen LogP contribution in [0.4, 0.5) is 4.79 Å². The Morgan fingerprint density at radius 1 is 1.30 bits per heavy atom. The van der Waals surface area contributed by atoms with Gasteiger partial charge in [0.15, 0.2) is 6.04 Å². The fourth-order valence-electron chi connectivity index (χ4n) is 1.55. The number of likely N-dealkylation sites (N-methyl/N-ethyl adjacent to an activating group) is 1. The number of benzene rings is 1. The van der Waals surface area contributed by atoms with Crippen LogP contribution < -0.4 is 15.0 Å². The molecular formula is C14H21N2O4+. The second-order valence-corrected chi connectivity index (χ2v) is 4.46. The maximum atomic E-state index is 11.7. The van der Waals surface area contributed by atoms with Crippen LogP contribution in [-0.2, 0) is 9.53 Å². The van der Waals surface area contributed by atoms with E-state index in [-0.39, 0.29) is 11.9 Å². The average Bonchev–Trinajstić information content (AvgIpc) is 2.47. The van der Waals surface area contributed by atoms with Crippen molar-refractivity contribution in [2.24, 2.45) is 0 Å². The third-order valence-corrected chi connectivity index (χ3v) is 3.05. The number of quaternary nitrogens is 1. The molecule has 1 rings (SSSR count). The van der Waals surface area contributed by atoms with E-state index in [1.807, 2.05) is 37.4 Å². The lowest BCUT2D eigenvalue weighted by Crippen LogP contribution is -3.14. The van der Waals surface area contributed by atoms with Gasteiger partial charge in [0.1, 0.15) is 18.9 Å². The lowest BCUT2D eigenvalue weighted by Gasteiger charge is -2.20. The van der Waals surface area contributed by atoms with Crippen LogP contribution in [0, 0.1) is 0 Å². The van der Waals surface area contributed by atoms with Gasteiger partial charge in [-0.05, 0) is 19.1 Å². The molecule has 0 bridgehead atoms. The summed E-state index contributed by atoms with van der Waals surface area (Å²) in [6.45, 7) is 2.88. The summed E-state index contributed by atoms with van der Waals surface area (Å²) < 4.78 is 9.95. The monoisotopic (exact) mass is 281 g/mol. The Labute approximate surface area is 118 Å². The molecule has 0 heterocycles. The number of methoxy groups -OCH3 is 1. The normalized spacial score (nSPS) is 13.2. The summed E-state index contributed by atoms with van der Waals surface area (Å²) in [5, 5.41) is 2.16. The highest BCUT2D eigenvalue weighted by Gasteiger charge is 2.23. The van der Waals surface area contributed by atoms with E-state index in [9.17, 15) is 9.59 Å². The Bertz CT molecular complexity index is 436. The van der Waals surface area contributed by atoms with Crippen LogP contribution in [0.1, 0.15) is 6.92 Å². The largest absolute Gasteiger partial charge is 0.488 e. The molecule has 0 spiro atoms. The number of rotatable bonds is 6. The molecular weight excluding hydrogens is 260 g/mol. The first-order valence-electron chi connectivity index (χ1n) is 6.43. The molecule has 0 saturated carbocycles. The van der Waals surface area contributed by atoms with Gasteiger partial charge in [0, 0.05) is 0 Å². The predicted octanol–water partition coefficient (Wildman–Crippen LogP) is -0.149. The summed E-state index contributed by atoms with van der Waals surface area (Å²) in [4.78, 5) is 23.6. The molecule has 2 amide bonds. The van der Waals surface area contributed by atoms with Crippen LogP contribution >= 0.6 is 0 Å². The molecule has 20 heavy (non-hydrogen) atoms. The lowest BCUT2D eigenvalue weighted by atomic mass is 10.3. The molecule has 1 aromatic rings. The van der Waals surface area contributed by atoms with Crippen molar-refractivity contribution in [3.8, 4) is 5.75 Å². The molecule has 110 valence electrons. The number of ether oxygens (including phenoxy) is 2. The number of carbonyl (C=O) groups excluding carboxylic acids is 2. The zero-order chi connectivity index (χ0) is 15.0. The summed E-state index contributed by atoms with van der Waals surface area (Å²) in [6, 6.07) is 9.11. The van der Waals surface area contributed by atoms with E-state index in [4.69, 9.17) is 4.74 Å². The molecule has 0 radical (unpaired) electrons. The van der Waals surface area contributed by atoms with Gasteiger partial charge in [-0.3, -0.25) is 10.1 Å². The molecule has 0 aliphatic heterocycles. The highest BCUT2D eigenvalue weighted by Crippen LogP contribution is 2.07. The van der Waals surface area contributed by atoms with Crippen molar-refractivity contribution in [2.45, 2.75) is 13.0 Å².